The summed E-state index contributed by atoms with van der Waals surface area (Å²) in [6.45, 7) is 7.58. The monoisotopic (exact) mass is 335 g/mol. The Morgan fingerprint density at radius 2 is 2.00 bits per heavy atom. The molecule has 0 saturated carbocycles. The van der Waals surface area contributed by atoms with Crippen LogP contribution in [-0.4, -0.2) is 11.8 Å². The summed E-state index contributed by atoms with van der Waals surface area (Å²) in [6, 6.07) is 13.2. The molecule has 3 rings (SSSR count). The number of aromatic hydroxyl groups is 1. The summed E-state index contributed by atoms with van der Waals surface area (Å²) in [7, 11) is 0. The molecule has 0 aliphatic heterocycles. The quantitative estimate of drug-likeness (QED) is 0.564. The topological polar surface area (TPSA) is 57.3 Å². The molecule has 0 atom stereocenters. The lowest BCUT2D eigenvalue weighted by Gasteiger charge is -1.99. The van der Waals surface area contributed by atoms with Gasteiger partial charge in [-0.25, -0.2) is 4.99 Å². The molecular weight excluding hydrogens is 318 g/mol. The van der Waals surface area contributed by atoms with Gasteiger partial charge in [0.25, 0.3) is 0 Å². The smallest absolute Gasteiger partial charge is 0.181 e. The Hall–Kier alpha value is -2.79. The van der Waals surface area contributed by atoms with Crippen LogP contribution in [0.1, 0.15) is 11.8 Å². The Bertz CT molecular complexity index is 1060. The molecule has 0 radical (unpaired) electrons. The Labute approximate surface area is 143 Å². The van der Waals surface area contributed by atoms with Crippen molar-refractivity contribution in [3.8, 4) is 5.75 Å². The lowest BCUT2D eigenvalue weighted by Crippen LogP contribution is -2.25. The number of thiophene rings is 1. The first-order valence-electron chi connectivity index (χ1n) is 7.50. The van der Waals surface area contributed by atoms with Crippen LogP contribution < -0.4 is 10.4 Å². The molecule has 0 spiro atoms. The zero-order chi connectivity index (χ0) is 17.1. The molecular formula is C19H17N3OS. The molecule has 1 aromatic heterocycles. The lowest BCUT2D eigenvalue weighted by atomic mass is 10.2. The van der Waals surface area contributed by atoms with Crippen molar-refractivity contribution in [1.82, 2.24) is 0 Å². The van der Waals surface area contributed by atoms with Crippen molar-refractivity contribution in [3.05, 3.63) is 57.8 Å². The number of benzene rings is 2. The van der Waals surface area contributed by atoms with Gasteiger partial charge in [-0.1, -0.05) is 30.3 Å². The number of hydrogen-bond acceptors (Lipinski definition) is 5. The highest BCUT2D eigenvalue weighted by Gasteiger charge is 2.08. The van der Waals surface area contributed by atoms with E-state index in [0.29, 0.717) is 11.5 Å². The second-order valence-electron chi connectivity index (χ2n) is 5.26. The van der Waals surface area contributed by atoms with Crippen LogP contribution in [0.2, 0.25) is 0 Å². The Morgan fingerprint density at radius 1 is 1.21 bits per heavy atom. The summed E-state index contributed by atoms with van der Waals surface area (Å²) < 4.78 is 0.912. The van der Waals surface area contributed by atoms with E-state index in [1.807, 2.05) is 50.3 Å². The number of phenolic OH excluding ortho intramolecular Hbond substituents is 1. The molecule has 3 aromatic rings. The predicted molar refractivity (Wildman–Crippen MR) is 102 cm³/mol. The van der Waals surface area contributed by atoms with Gasteiger partial charge in [-0.2, -0.15) is 0 Å². The van der Waals surface area contributed by atoms with Crippen LogP contribution >= 0.6 is 11.3 Å². The average Bonchev–Trinajstić information content (AvgIpc) is 3.00. The first-order chi connectivity index (χ1) is 11.6. The van der Waals surface area contributed by atoms with Gasteiger partial charge in [0.15, 0.2) is 5.82 Å². The van der Waals surface area contributed by atoms with Gasteiger partial charge >= 0.3 is 0 Å². The van der Waals surface area contributed by atoms with Crippen LogP contribution in [0.3, 0.4) is 0 Å². The van der Waals surface area contributed by atoms with Gasteiger partial charge in [0.1, 0.15) is 11.4 Å². The number of phenols is 1. The average molecular weight is 335 g/mol. The fourth-order valence-electron chi connectivity index (χ4n) is 2.52. The Morgan fingerprint density at radius 3 is 2.75 bits per heavy atom. The maximum atomic E-state index is 9.98. The zero-order valence-corrected chi connectivity index (χ0v) is 14.3. The SMILES string of the molecule is C=N/C(N=Nc1ccc(O)c2cc(C)sc12)=c1/cccc/c1=C/C. The fourth-order valence-corrected chi connectivity index (χ4v) is 3.51. The van der Waals surface area contributed by atoms with Gasteiger partial charge in [0, 0.05) is 15.5 Å². The van der Waals surface area contributed by atoms with E-state index in [9.17, 15) is 5.11 Å². The fraction of sp³-hybridized carbons (Fsp3) is 0.105. The normalized spacial score (nSPS) is 13.7. The third-order valence-electron chi connectivity index (χ3n) is 3.68. The molecule has 1 N–H and O–H groups in total. The van der Waals surface area contributed by atoms with Crippen LogP contribution in [0.4, 0.5) is 5.69 Å². The van der Waals surface area contributed by atoms with Crippen molar-refractivity contribution in [2.24, 2.45) is 15.2 Å². The Kier molecular flexibility index (Phi) is 4.53. The largest absolute Gasteiger partial charge is 0.507 e. The summed E-state index contributed by atoms with van der Waals surface area (Å²) in [6.07, 6.45) is 2.00. The highest BCUT2D eigenvalue weighted by atomic mass is 32.1. The van der Waals surface area contributed by atoms with Crippen molar-refractivity contribution in [2.75, 3.05) is 0 Å². The van der Waals surface area contributed by atoms with E-state index < -0.39 is 0 Å². The summed E-state index contributed by atoms with van der Waals surface area (Å²) in [5.74, 6) is 0.725. The summed E-state index contributed by atoms with van der Waals surface area (Å²) in [5.41, 5.74) is 0.708. The molecule has 1 heterocycles. The summed E-state index contributed by atoms with van der Waals surface area (Å²) in [5, 5.41) is 21.3. The molecule has 5 heteroatoms. The van der Waals surface area contributed by atoms with E-state index in [-0.39, 0.29) is 5.75 Å². The summed E-state index contributed by atoms with van der Waals surface area (Å²) >= 11 is 1.58. The molecule has 0 aliphatic rings. The third-order valence-corrected chi connectivity index (χ3v) is 4.75. The van der Waals surface area contributed by atoms with E-state index >= 15 is 0 Å². The van der Waals surface area contributed by atoms with Crippen molar-refractivity contribution < 1.29 is 5.11 Å². The lowest BCUT2D eigenvalue weighted by molar-refractivity contribution is 0.482. The standard InChI is InChI=1S/C19H17N3OS/c1-4-13-7-5-6-8-14(13)19(20-3)22-21-16-9-10-17(23)15-11-12(2)24-18(15)16/h4-11,23H,3H2,1-2H3/b13-4-,19-14+,22-21?. The van der Waals surface area contributed by atoms with Crippen LogP contribution in [0.25, 0.3) is 22.0 Å². The second kappa shape index (κ2) is 6.76. The first-order valence-corrected chi connectivity index (χ1v) is 8.32. The number of aryl methyl sites for hydroxylation is 1. The molecule has 0 amide bonds. The molecule has 0 unspecified atom stereocenters. The molecule has 2 aromatic carbocycles. The van der Waals surface area contributed by atoms with Gasteiger partial charge in [-0.15, -0.1) is 21.6 Å². The van der Waals surface area contributed by atoms with E-state index in [1.165, 1.54) is 0 Å². The van der Waals surface area contributed by atoms with Crippen molar-refractivity contribution in [1.29, 1.82) is 0 Å². The van der Waals surface area contributed by atoms with Gasteiger partial charge in [-0.05, 0) is 44.0 Å². The highest BCUT2D eigenvalue weighted by Crippen LogP contribution is 2.38. The minimum Gasteiger partial charge on any atom is -0.507 e. The maximum absolute atomic E-state index is 9.98. The number of rotatable bonds is 3. The number of nitrogens with zero attached hydrogens (tertiary/aromatic N) is 3. The molecule has 0 bridgehead atoms. The minimum absolute atomic E-state index is 0.255. The van der Waals surface area contributed by atoms with E-state index in [4.69, 9.17) is 0 Å². The zero-order valence-electron chi connectivity index (χ0n) is 13.5. The third kappa shape index (κ3) is 2.98. The minimum atomic E-state index is 0.255. The first kappa shape index (κ1) is 16.1. The molecule has 120 valence electrons. The van der Waals surface area contributed by atoms with Crippen LogP contribution in [0.15, 0.2) is 57.7 Å². The van der Waals surface area contributed by atoms with Crippen molar-refractivity contribution >= 4 is 45.7 Å². The maximum Gasteiger partial charge on any atom is 0.181 e. The highest BCUT2D eigenvalue weighted by molar-refractivity contribution is 7.19. The molecule has 0 saturated heterocycles. The van der Waals surface area contributed by atoms with Gasteiger partial charge in [0.2, 0.25) is 0 Å². The molecule has 4 nitrogen and oxygen atoms in total. The number of aliphatic imine (C=N–C) groups is 1. The second-order valence-corrected chi connectivity index (χ2v) is 6.52. The van der Waals surface area contributed by atoms with Crippen molar-refractivity contribution in [3.63, 3.8) is 0 Å². The van der Waals surface area contributed by atoms with Gasteiger partial charge in [-0.3, -0.25) is 0 Å². The predicted octanol–water partition coefficient (Wildman–Crippen LogP) is 4.27. The van der Waals surface area contributed by atoms with E-state index in [0.717, 1.165) is 25.4 Å². The van der Waals surface area contributed by atoms with Crippen molar-refractivity contribution in [2.45, 2.75) is 13.8 Å². The Balaban J connectivity index is 2.17. The molecule has 0 aliphatic carbocycles. The van der Waals surface area contributed by atoms with Gasteiger partial charge in [0.05, 0.1) is 4.70 Å². The number of azo groups is 1. The van der Waals surface area contributed by atoms with Crippen LogP contribution in [0.5, 0.6) is 5.75 Å². The molecule has 0 fully saturated rings. The van der Waals surface area contributed by atoms with Crippen LogP contribution in [-0.2, 0) is 0 Å². The summed E-state index contributed by atoms with van der Waals surface area (Å²) in [4.78, 5) is 5.14. The van der Waals surface area contributed by atoms with E-state index in [1.54, 1.807) is 23.5 Å². The van der Waals surface area contributed by atoms with E-state index in [2.05, 4.69) is 21.9 Å². The molecule has 24 heavy (non-hydrogen) atoms. The number of fused-ring (bicyclic) bond motifs is 1. The number of hydrogen-bond donors (Lipinski definition) is 1. The van der Waals surface area contributed by atoms with Gasteiger partial charge < -0.3 is 5.11 Å². The van der Waals surface area contributed by atoms with Crippen LogP contribution in [0, 0.1) is 6.92 Å².